The third kappa shape index (κ3) is 2.32. The van der Waals surface area contributed by atoms with Crippen LogP contribution >= 0.6 is 11.3 Å². The number of aryl methyl sites for hydroxylation is 1. The maximum Gasteiger partial charge on any atom is 0.0888 e. The van der Waals surface area contributed by atoms with E-state index in [9.17, 15) is 0 Å². The van der Waals surface area contributed by atoms with Crippen molar-refractivity contribution < 1.29 is 4.74 Å². The van der Waals surface area contributed by atoms with Crippen LogP contribution in [0, 0.1) is 0 Å². The summed E-state index contributed by atoms with van der Waals surface area (Å²) < 4.78 is 5.50. The van der Waals surface area contributed by atoms with Crippen molar-refractivity contribution in [1.82, 2.24) is 0 Å². The molecule has 0 aromatic carbocycles. The summed E-state index contributed by atoms with van der Waals surface area (Å²) in [5.41, 5.74) is 0. The maximum absolute atomic E-state index is 5.50. The Morgan fingerprint density at radius 3 is 2.67 bits per heavy atom. The van der Waals surface area contributed by atoms with Crippen molar-refractivity contribution in [3.05, 3.63) is 21.9 Å². The summed E-state index contributed by atoms with van der Waals surface area (Å²) in [6.07, 6.45) is 1.39. The summed E-state index contributed by atoms with van der Waals surface area (Å²) in [5, 5.41) is 0. The molecular formula is C10H16OS. The second kappa shape index (κ2) is 4.63. The first-order chi connectivity index (χ1) is 5.77. The van der Waals surface area contributed by atoms with Gasteiger partial charge in [-0.05, 0) is 32.4 Å². The molecule has 0 radical (unpaired) electrons. The van der Waals surface area contributed by atoms with E-state index < -0.39 is 0 Å². The van der Waals surface area contributed by atoms with Crippen LogP contribution in [0.3, 0.4) is 0 Å². The first-order valence-electron chi connectivity index (χ1n) is 4.48. The van der Waals surface area contributed by atoms with Gasteiger partial charge in [-0.25, -0.2) is 0 Å². The highest BCUT2D eigenvalue weighted by atomic mass is 32.1. The molecule has 68 valence electrons. The number of ether oxygens (including phenoxy) is 1. The van der Waals surface area contributed by atoms with Crippen molar-refractivity contribution in [3.63, 3.8) is 0 Å². The molecule has 0 N–H and O–H groups in total. The first-order valence-corrected chi connectivity index (χ1v) is 5.29. The number of rotatable bonds is 4. The van der Waals surface area contributed by atoms with Gasteiger partial charge in [0.1, 0.15) is 0 Å². The van der Waals surface area contributed by atoms with Crippen molar-refractivity contribution >= 4 is 11.3 Å². The van der Waals surface area contributed by atoms with E-state index in [0.29, 0.717) is 0 Å². The molecule has 0 aliphatic carbocycles. The van der Waals surface area contributed by atoms with E-state index in [1.165, 1.54) is 9.75 Å². The van der Waals surface area contributed by atoms with Crippen molar-refractivity contribution in [2.45, 2.75) is 33.3 Å². The van der Waals surface area contributed by atoms with Gasteiger partial charge in [0.25, 0.3) is 0 Å². The van der Waals surface area contributed by atoms with E-state index in [1.807, 2.05) is 18.3 Å². The predicted molar refractivity (Wildman–Crippen MR) is 53.7 cm³/mol. The molecular weight excluding hydrogens is 168 g/mol. The summed E-state index contributed by atoms with van der Waals surface area (Å²) in [4.78, 5) is 2.78. The Kier molecular flexibility index (Phi) is 3.76. The van der Waals surface area contributed by atoms with Gasteiger partial charge in [0.2, 0.25) is 0 Å². The summed E-state index contributed by atoms with van der Waals surface area (Å²) in [6, 6.07) is 4.36. The van der Waals surface area contributed by atoms with Crippen LogP contribution in [0.1, 0.15) is 36.6 Å². The largest absolute Gasteiger partial charge is 0.373 e. The highest BCUT2D eigenvalue weighted by Gasteiger charge is 2.06. The van der Waals surface area contributed by atoms with E-state index in [0.717, 1.165) is 13.0 Å². The lowest BCUT2D eigenvalue weighted by molar-refractivity contribution is 0.0789. The van der Waals surface area contributed by atoms with Gasteiger partial charge in [-0.3, -0.25) is 0 Å². The third-order valence-corrected chi connectivity index (χ3v) is 3.24. The van der Waals surface area contributed by atoms with Gasteiger partial charge in [0.05, 0.1) is 6.10 Å². The van der Waals surface area contributed by atoms with Gasteiger partial charge >= 0.3 is 0 Å². The summed E-state index contributed by atoms with van der Waals surface area (Å²) in [5.74, 6) is 0. The molecule has 12 heavy (non-hydrogen) atoms. The van der Waals surface area contributed by atoms with Crippen molar-refractivity contribution in [2.24, 2.45) is 0 Å². The molecule has 1 unspecified atom stereocenters. The Morgan fingerprint density at radius 1 is 1.42 bits per heavy atom. The molecule has 1 aromatic heterocycles. The van der Waals surface area contributed by atoms with Crippen LogP contribution in [0.4, 0.5) is 0 Å². The van der Waals surface area contributed by atoms with Gasteiger partial charge in [-0.1, -0.05) is 6.92 Å². The smallest absolute Gasteiger partial charge is 0.0888 e. The highest BCUT2D eigenvalue weighted by Crippen LogP contribution is 2.25. The summed E-state index contributed by atoms with van der Waals surface area (Å²) >= 11 is 1.86. The number of thiophene rings is 1. The molecule has 0 aliphatic heterocycles. The zero-order chi connectivity index (χ0) is 8.97. The molecule has 0 saturated heterocycles. The Labute approximate surface area is 78.4 Å². The topological polar surface area (TPSA) is 9.23 Å². The first kappa shape index (κ1) is 9.75. The number of hydrogen-bond acceptors (Lipinski definition) is 2. The third-order valence-electron chi connectivity index (χ3n) is 1.85. The fourth-order valence-electron chi connectivity index (χ4n) is 1.14. The van der Waals surface area contributed by atoms with Gasteiger partial charge in [0, 0.05) is 16.4 Å². The van der Waals surface area contributed by atoms with Crippen molar-refractivity contribution in [2.75, 3.05) is 6.61 Å². The average molecular weight is 184 g/mol. The monoisotopic (exact) mass is 184 g/mol. The Hall–Kier alpha value is -0.340. The second-order valence-corrected chi connectivity index (χ2v) is 3.96. The van der Waals surface area contributed by atoms with Gasteiger partial charge in [0.15, 0.2) is 0 Å². The van der Waals surface area contributed by atoms with Crippen molar-refractivity contribution in [3.8, 4) is 0 Å². The Bertz CT molecular complexity index is 229. The lowest BCUT2D eigenvalue weighted by Gasteiger charge is -2.07. The van der Waals surface area contributed by atoms with Gasteiger partial charge in [-0.15, -0.1) is 11.3 Å². The zero-order valence-electron chi connectivity index (χ0n) is 7.96. The van der Waals surface area contributed by atoms with E-state index in [2.05, 4.69) is 26.0 Å². The average Bonchev–Trinajstić information content (AvgIpc) is 2.52. The molecule has 1 rings (SSSR count). The minimum atomic E-state index is 0.264. The van der Waals surface area contributed by atoms with E-state index in [-0.39, 0.29) is 6.10 Å². The van der Waals surface area contributed by atoms with Crippen LogP contribution in [0.2, 0.25) is 0 Å². The lowest BCUT2D eigenvalue weighted by atomic mass is 10.3. The zero-order valence-corrected chi connectivity index (χ0v) is 8.78. The van der Waals surface area contributed by atoms with E-state index in [1.54, 1.807) is 0 Å². The minimum Gasteiger partial charge on any atom is -0.373 e. The minimum absolute atomic E-state index is 0.264. The number of hydrogen-bond donors (Lipinski definition) is 0. The highest BCUT2D eigenvalue weighted by molar-refractivity contribution is 7.12. The fraction of sp³-hybridized carbons (Fsp3) is 0.600. The molecule has 1 aromatic rings. The van der Waals surface area contributed by atoms with Gasteiger partial charge < -0.3 is 4.74 Å². The van der Waals surface area contributed by atoms with Crippen LogP contribution in [0.25, 0.3) is 0 Å². The standard InChI is InChI=1S/C10H16OS/c1-4-9-6-7-10(12-9)8(3)11-5-2/h6-8H,4-5H2,1-3H3. The lowest BCUT2D eigenvalue weighted by Crippen LogP contribution is -1.95. The van der Waals surface area contributed by atoms with E-state index in [4.69, 9.17) is 4.74 Å². The summed E-state index contributed by atoms with van der Waals surface area (Å²) in [6.45, 7) is 7.11. The molecule has 0 aliphatic rings. The Morgan fingerprint density at radius 2 is 2.17 bits per heavy atom. The van der Waals surface area contributed by atoms with Crippen LogP contribution in [-0.4, -0.2) is 6.61 Å². The van der Waals surface area contributed by atoms with Gasteiger partial charge in [-0.2, -0.15) is 0 Å². The van der Waals surface area contributed by atoms with Crippen LogP contribution in [-0.2, 0) is 11.2 Å². The maximum atomic E-state index is 5.50. The fourth-order valence-corrected chi connectivity index (χ4v) is 2.09. The molecule has 0 amide bonds. The molecule has 1 nitrogen and oxygen atoms in total. The molecule has 0 fully saturated rings. The molecule has 1 heterocycles. The molecule has 0 saturated carbocycles. The second-order valence-electron chi connectivity index (χ2n) is 2.76. The molecule has 0 bridgehead atoms. The van der Waals surface area contributed by atoms with Crippen LogP contribution in [0.5, 0.6) is 0 Å². The van der Waals surface area contributed by atoms with E-state index >= 15 is 0 Å². The predicted octanol–water partition coefficient (Wildman–Crippen LogP) is 3.41. The van der Waals surface area contributed by atoms with Crippen LogP contribution < -0.4 is 0 Å². The molecule has 2 heteroatoms. The molecule has 1 atom stereocenters. The SMILES string of the molecule is CCOC(C)c1ccc(CC)s1. The van der Waals surface area contributed by atoms with Crippen LogP contribution in [0.15, 0.2) is 12.1 Å². The normalized spacial score (nSPS) is 13.2. The molecule has 0 spiro atoms. The summed E-state index contributed by atoms with van der Waals surface area (Å²) in [7, 11) is 0. The van der Waals surface area contributed by atoms with Crippen molar-refractivity contribution in [1.29, 1.82) is 0 Å². The Balaban J connectivity index is 2.61. The quantitative estimate of drug-likeness (QED) is 0.696.